The zero-order valence-electron chi connectivity index (χ0n) is 11.0. The van der Waals surface area contributed by atoms with Crippen LogP contribution in [0.4, 0.5) is 0 Å². The average Bonchev–Trinajstić information content (AvgIpc) is 2.96. The molecule has 2 heterocycles. The van der Waals surface area contributed by atoms with E-state index in [1.807, 2.05) is 11.6 Å². The largest absolute Gasteiger partial charge is 0.480 e. The first-order valence-electron chi connectivity index (χ1n) is 6.68. The van der Waals surface area contributed by atoms with E-state index < -0.39 is 0 Å². The van der Waals surface area contributed by atoms with Gasteiger partial charge in [-0.15, -0.1) is 11.3 Å². The van der Waals surface area contributed by atoms with Crippen molar-refractivity contribution in [3.05, 3.63) is 17.3 Å². The molecule has 1 saturated carbocycles. The molecule has 1 fully saturated rings. The van der Waals surface area contributed by atoms with Gasteiger partial charge in [0.25, 0.3) is 0 Å². The predicted octanol–water partition coefficient (Wildman–Crippen LogP) is 1.80. The fourth-order valence-electron chi connectivity index (χ4n) is 2.73. The molecule has 0 radical (unpaired) electrons. The van der Waals surface area contributed by atoms with E-state index >= 15 is 0 Å². The van der Waals surface area contributed by atoms with Crippen LogP contribution in [-0.4, -0.2) is 33.7 Å². The first-order valence-corrected chi connectivity index (χ1v) is 7.55. The molecule has 1 aliphatic carbocycles. The van der Waals surface area contributed by atoms with Crippen molar-refractivity contribution in [2.24, 2.45) is 0 Å². The Hall–Kier alpha value is -1.11. The van der Waals surface area contributed by atoms with Crippen LogP contribution in [0.5, 0.6) is 5.88 Å². The third-order valence-corrected chi connectivity index (χ3v) is 4.48. The summed E-state index contributed by atoms with van der Waals surface area (Å²) in [6.45, 7) is 0.721. The molecular weight excluding hydrogens is 262 g/mol. The Balaban J connectivity index is 1.71. The van der Waals surface area contributed by atoms with E-state index in [0.717, 1.165) is 42.9 Å². The Morgan fingerprint density at radius 1 is 1.58 bits per heavy atom. The van der Waals surface area contributed by atoms with E-state index in [4.69, 9.17) is 4.74 Å². The molecule has 6 heteroatoms. The van der Waals surface area contributed by atoms with Gasteiger partial charge < -0.3 is 15.2 Å². The van der Waals surface area contributed by atoms with Gasteiger partial charge in [0.2, 0.25) is 5.88 Å². The lowest BCUT2D eigenvalue weighted by atomic mass is 9.93. The van der Waals surface area contributed by atoms with Crippen molar-refractivity contribution in [3.8, 4) is 5.88 Å². The average molecular weight is 281 g/mol. The number of ether oxygens (including phenoxy) is 1. The molecule has 0 amide bonds. The zero-order chi connectivity index (χ0) is 13.2. The van der Waals surface area contributed by atoms with Crippen molar-refractivity contribution in [2.75, 3.05) is 7.11 Å². The predicted molar refractivity (Wildman–Crippen MR) is 74.7 cm³/mol. The molecule has 19 heavy (non-hydrogen) atoms. The van der Waals surface area contributed by atoms with E-state index in [1.54, 1.807) is 18.4 Å². The van der Waals surface area contributed by atoms with Gasteiger partial charge in [-0.3, -0.25) is 4.40 Å². The Morgan fingerprint density at radius 3 is 3.26 bits per heavy atom. The number of hydrogen-bond acceptors (Lipinski definition) is 5. The van der Waals surface area contributed by atoms with Crippen molar-refractivity contribution in [2.45, 2.75) is 44.4 Å². The third-order valence-electron chi connectivity index (χ3n) is 3.72. The second-order valence-electron chi connectivity index (χ2n) is 5.02. The Bertz CT molecular complexity index is 551. The number of methoxy groups -OCH3 is 1. The van der Waals surface area contributed by atoms with Gasteiger partial charge in [0, 0.05) is 24.2 Å². The summed E-state index contributed by atoms with van der Waals surface area (Å²) in [4.78, 5) is 5.40. The molecule has 5 nitrogen and oxygen atoms in total. The summed E-state index contributed by atoms with van der Waals surface area (Å²) < 4.78 is 7.40. The van der Waals surface area contributed by atoms with Gasteiger partial charge in [0.1, 0.15) is 5.69 Å². The summed E-state index contributed by atoms with van der Waals surface area (Å²) in [7, 11) is 1.65. The van der Waals surface area contributed by atoms with Gasteiger partial charge in [0.15, 0.2) is 4.96 Å². The lowest BCUT2D eigenvalue weighted by Crippen LogP contribution is -2.35. The number of nitrogens with zero attached hydrogens (tertiary/aromatic N) is 2. The molecule has 0 aliphatic heterocycles. The number of nitrogens with one attached hydrogen (secondary N) is 1. The second-order valence-corrected chi connectivity index (χ2v) is 5.89. The molecule has 2 N–H and O–H groups in total. The number of fused-ring (bicyclic) bond motifs is 1. The molecule has 1 aliphatic rings. The second kappa shape index (κ2) is 5.48. The summed E-state index contributed by atoms with van der Waals surface area (Å²) in [5, 5.41) is 15.2. The minimum absolute atomic E-state index is 0.153. The van der Waals surface area contributed by atoms with E-state index in [-0.39, 0.29) is 6.10 Å². The van der Waals surface area contributed by atoms with Gasteiger partial charge in [-0.1, -0.05) is 0 Å². The maximum absolute atomic E-state index is 9.70. The highest BCUT2D eigenvalue weighted by atomic mass is 32.1. The highest BCUT2D eigenvalue weighted by molar-refractivity contribution is 7.15. The van der Waals surface area contributed by atoms with Crippen molar-refractivity contribution < 1.29 is 9.84 Å². The normalized spacial score (nSPS) is 23.9. The van der Waals surface area contributed by atoms with Gasteiger partial charge in [0.05, 0.1) is 13.2 Å². The van der Waals surface area contributed by atoms with E-state index in [0.29, 0.717) is 11.9 Å². The highest BCUT2D eigenvalue weighted by Gasteiger charge is 2.21. The summed E-state index contributed by atoms with van der Waals surface area (Å²) in [5.74, 6) is 0.690. The van der Waals surface area contributed by atoms with Crippen LogP contribution in [0.15, 0.2) is 11.6 Å². The van der Waals surface area contributed by atoms with Gasteiger partial charge in [-0.05, 0) is 25.7 Å². The summed E-state index contributed by atoms with van der Waals surface area (Å²) >= 11 is 1.60. The SMILES string of the molecule is COc1nc2sccn2c1CNC1CCCC(O)C1. The molecule has 2 aromatic heterocycles. The first-order chi connectivity index (χ1) is 9.28. The van der Waals surface area contributed by atoms with Crippen LogP contribution in [-0.2, 0) is 6.54 Å². The molecule has 2 aromatic rings. The summed E-state index contributed by atoms with van der Waals surface area (Å²) in [6, 6.07) is 0.387. The Morgan fingerprint density at radius 2 is 2.47 bits per heavy atom. The monoisotopic (exact) mass is 281 g/mol. The number of imidazole rings is 1. The molecule has 3 rings (SSSR count). The van der Waals surface area contributed by atoms with Gasteiger partial charge in [-0.2, -0.15) is 4.98 Å². The van der Waals surface area contributed by atoms with Crippen molar-refractivity contribution in [1.82, 2.24) is 14.7 Å². The van der Waals surface area contributed by atoms with Crippen LogP contribution >= 0.6 is 11.3 Å². The Kier molecular flexibility index (Phi) is 3.72. The van der Waals surface area contributed by atoms with Gasteiger partial charge in [-0.25, -0.2) is 0 Å². The van der Waals surface area contributed by atoms with Gasteiger partial charge >= 0.3 is 0 Å². The van der Waals surface area contributed by atoms with Crippen LogP contribution < -0.4 is 10.1 Å². The molecule has 2 atom stereocenters. The fourth-order valence-corrected chi connectivity index (χ4v) is 3.45. The number of hydrogen-bond donors (Lipinski definition) is 2. The Labute approximate surface area is 116 Å². The summed E-state index contributed by atoms with van der Waals surface area (Å²) in [6.07, 6.45) is 5.86. The van der Waals surface area contributed by atoms with Crippen molar-refractivity contribution >= 4 is 16.3 Å². The molecule has 0 aromatic carbocycles. The highest BCUT2D eigenvalue weighted by Crippen LogP contribution is 2.24. The van der Waals surface area contributed by atoms with Crippen molar-refractivity contribution in [3.63, 3.8) is 0 Å². The van der Waals surface area contributed by atoms with Crippen LogP contribution in [0.1, 0.15) is 31.4 Å². The maximum Gasteiger partial charge on any atom is 0.237 e. The third kappa shape index (κ3) is 2.61. The molecule has 2 unspecified atom stereocenters. The van der Waals surface area contributed by atoms with E-state index in [9.17, 15) is 5.11 Å². The quantitative estimate of drug-likeness (QED) is 0.897. The molecule has 0 saturated heterocycles. The van der Waals surface area contributed by atoms with E-state index in [1.165, 1.54) is 0 Å². The fraction of sp³-hybridized carbons (Fsp3) is 0.615. The molecular formula is C13H19N3O2S. The van der Waals surface area contributed by atoms with Crippen LogP contribution in [0, 0.1) is 0 Å². The van der Waals surface area contributed by atoms with E-state index in [2.05, 4.69) is 14.7 Å². The number of rotatable bonds is 4. The number of aromatic nitrogens is 2. The van der Waals surface area contributed by atoms with Crippen molar-refractivity contribution in [1.29, 1.82) is 0 Å². The number of aliphatic hydroxyl groups excluding tert-OH is 1. The topological polar surface area (TPSA) is 58.8 Å². The zero-order valence-corrected chi connectivity index (χ0v) is 11.8. The molecule has 0 spiro atoms. The summed E-state index contributed by atoms with van der Waals surface area (Å²) in [5.41, 5.74) is 1.05. The van der Waals surface area contributed by atoms with Crippen LogP contribution in [0.2, 0.25) is 0 Å². The maximum atomic E-state index is 9.70. The lowest BCUT2D eigenvalue weighted by molar-refractivity contribution is 0.111. The lowest BCUT2D eigenvalue weighted by Gasteiger charge is -2.26. The minimum Gasteiger partial charge on any atom is -0.480 e. The minimum atomic E-state index is -0.153. The van der Waals surface area contributed by atoms with Crippen LogP contribution in [0.3, 0.4) is 0 Å². The number of aliphatic hydroxyl groups is 1. The molecule has 104 valence electrons. The standard InChI is InChI=1S/C13H19N3O2S/c1-18-12-11(16-5-6-19-13(16)15-12)8-14-9-3-2-4-10(17)7-9/h5-6,9-10,14,17H,2-4,7-8H2,1H3. The molecule has 0 bridgehead atoms. The smallest absolute Gasteiger partial charge is 0.237 e. The first kappa shape index (κ1) is 12.9. The van der Waals surface area contributed by atoms with Crippen LogP contribution in [0.25, 0.3) is 4.96 Å². The number of thiazole rings is 1.